The van der Waals surface area contributed by atoms with Crippen molar-refractivity contribution in [3.8, 4) is 11.5 Å². The molecule has 0 saturated heterocycles. The van der Waals surface area contributed by atoms with Crippen LogP contribution in [0.1, 0.15) is 11.1 Å². The number of allylic oxidation sites excluding steroid dienone is 2. The lowest BCUT2D eigenvalue weighted by atomic mass is 10.1. The number of methoxy groups -OCH3 is 2. The molecule has 4 aromatic rings. The smallest absolute Gasteiger partial charge is 0.119 e. The van der Waals surface area contributed by atoms with Crippen molar-refractivity contribution in [2.45, 2.75) is 0 Å². The standard InChI is InChI=1S/C30H27NO2/c1-32-29-20-16-27(17-21-29)31(28-18-22-30(33-2)23-19-28)26-14-12-25(13-15-26)11-7-6-10-24-8-4-3-5-9-24/h3-23H,1-2H3. The van der Waals surface area contributed by atoms with Crippen molar-refractivity contribution in [3.63, 3.8) is 0 Å². The average Bonchev–Trinajstić information content (AvgIpc) is 2.89. The van der Waals surface area contributed by atoms with Crippen molar-refractivity contribution in [1.82, 2.24) is 0 Å². The molecule has 0 aliphatic rings. The van der Waals surface area contributed by atoms with Crippen LogP contribution in [0.3, 0.4) is 0 Å². The van der Waals surface area contributed by atoms with Gasteiger partial charge in [0.15, 0.2) is 0 Å². The molecule has 0 spiro atoms. The molecule has 0 radical (unpaired) electrons. The Hall–Kier alpha value is -4.24. The predicted octanol–water partition coefficient (Wildman–Crippen LogP) is 7.90. The second-order valence-electron chi connectivity index (χ2n) is 7.45. The molecule has 0 N–H and O–H groups in total. The van der Waals surface area contributed by atoms with E-state index in [-0.39, 0.29) is 0 Å². The third-order valence-corrected chi connectivity index (χ3v) is 5.30. The molecule has 0 unspecified atom stereocenters. The zero-order valence-corrected chi connectivity index (χ0v) is 18.9. The van der Waals surface area contributed by atoms with E-state index in [2.05, 4.69) is 89.9 Å². The van der Waals surface area contributed by atoms with Gasteiger partial charge in [0.2, 0.25) is 0 Å². The van der Waals surface area contributed by atoms with Crippen molar-refractivity contribution < 1.29 is 9.47 Å². The largest absolute Gasteiger partial charge is 0.497 e. The van der Waals surface area contributed by atoms with E-state index in [0.29, 0.717) is 0 Å². The highest BCUT2D eigenvalue weighted by molar-refractivity contribution is 5.77. The summed E-state index contributed by atoms with van der Waals surface area (Å²) >= 11 is 0. The van der Waals surface area contributed by atoms with Gasteiger partial charge in [-0.1, -0.05) is 66.8 Å². The number of hydrogen-bond acceptors (Lipinski definition) is 3. The van der Waals surface area contributed by atoms with Gasteiger partial charge in [-0.25, -0.2) is 0 Å². The molecule has 0 fully saturated rings. The SMILES string of the molecule is COc1ccc(N(c2ccc(C=CC=Cc3ccccc3)cc2)c2ccc(OC)cc2)cc1. The second-order valence-corrected chi connectivity index (χ2v) is 7.45. The van der Waals surface area contributed by atoms with E-state index < -0.39 is 0 Å². The van der Waals surface area contributed by atoms with E-state index >= 15 is 0 Å². The van der Waals surface area contributed by atoms with Crippen LogP contribution in [0, 0.1) is 0 Å². The van der Waals surface area contributed by atoms with Gasteiger partial charge in [-0.2, -0.15) is 0 Å². The predicted molar refractivity (Wildman–Crippen MR) is 139 cm³/mol. The first kappa shape index (κ1) is 22.0. The van der Waals surface area contributed by atoms with Gasteiger partial charge in [0.1, 0.15) is 11.5 Å². The van der Waals surface area contributed by atoms with Crippen LogP contribution in [0.15, 0.2) is 115 Å². The van der Waals surface area contributed by atoms with Gasteiger partial charge >= 0.3 is 0 Å². The Morgan fingerprint density at radius 3 is 1.30 bits per heavy atom. The highest BCUT2D eigenvalue weighted by Crippen LogP contribution is 2.36. The third-order valence-electron chi connectivity index (χ3n) is 5.30. The lowest BCUT2D eigenvalue weighted by molar-refractivity contribution is 0.415. The number of anilines is 3. The van der Waals surface area contributed by atoms with Crippen molar-refractivity contribution in [1.29, 1.82) is 0 Å². The molecular weight excluding hydrogens is 406 g/mol. The minimum Gasteiger partial charge on any atom is -0.497 e. The van der Waals surface area contributed by atoms with E-state index in [1.807, 2.05) is 42.5 Å². The summed E-state index contributed by atoms with van der Waals surface area (Å²) in [6.45, 7) is 0. The summed E-state index contributed by atoms with van der Waals surface area (Å²) in [5, 5.41) is 0. The molecule has 3 heteroatoms. The van der Waals surface area contributed by atoms with Gasteiger partial charge in [-0.15, -0.1) is 0 Å². The molecule has 3 nitrogen and oxygen atoms in total. The number of hydrogen-bond donors (Lipinski definition) is 0. The third kappa shape index (κ3) is 5.72. The Morgan fingerprint density at radius 2 is 0.879 bits per heavy atom. The minimum atomic E-state index is 0.831. The van der Waals surface area contributed by atoms with Crippen LogP contribution >= 0.6 is 0 Å². The highest BCUT2D eigenvalue weighted by atomic mass is 16.5. The number of nitrogens with zero attached hydrogens (tertiary/aromatic N) is 1. The Labute approximate surface area is 195 Å². The lowest BCUT2D eigenvalue weighted by Crippen LogP contribution is -2.09. The Balaban J connectivity index is 1.58. The summed E-state index contributed by atoms with van der Waals surface area (Å²) < 4.78 is 10.7. The van der Waals surface area contributed by atoms with Crippen LogP contribution in [0.25, 0.3) is 12.2 Å². The summed E-state index contributed by atoms with van der Waals surface area (Å²) in [4.78, 5) is 2.21. The zero-order chi connectivity index (χ0) is 22.9. The Kier molecular flexibility index (Phi) is 7.24. The van der Waals surface area contributed by atoms with Crippen molar-refractivity contribution in [2.24, 2.45) is 0 Å². The molecule has 0 aliphatic carbocycles. The summed E-state index contributed by atoms with van der Waals surface area (Å²) in [7, 11) is 3.36. The summed E-state index contributed by atoms with van der Waals surface area (Å²) in [5.74, 6) is 1.66. The van der Waals surface area contributed by atoms with E-state index in [0.717, 1.165) is 34.1 Å². The fraction of sp³-hybridized carbons (Fsp3) is 0.0667. The molecular formula is C30H27NO2. The van der Waals surface area contributed by atoms with Crippen LogP contribution in [-0.2, 0) is 0 Å². The minimum absolute atomic E-state index is 0.831. The first-order valence-electron chi connectivity index (χ1n) is 10.8. The van der Waals surface area contributed by atoms with Gasteiger partial charge in [-0.05, 0) is 71.8 Å². The van der Waals surface area contributed by atoms with Crippen molar-refractivity contribution in [3.05, 3.63) is 126 Å². The average molecular weight is 434 g/mol. The maximum atomic E-state index is 5.33. The van der Waals surface area contributed by atoms with E-state index in [9.17, 15) is 0 Å². The maximum Gasteiger partial charge on any atom is 0.119 e. The molecule has 4 aromatic carbocycles. The lowest BCUT2D eigenvalue weighted by Gasteiger charge is -2.26. The first-order valence-corrected chi connectivity index (χ1v) is 10.8. The van der Waals surface area contributed by atoms with Gasteiger partial charge in [0.05, 0.1) is 14.2 Å². The molecule has 0 aromatic heterocycles. The van der Waals surface area contributed by atoms with Crippen LogP contribution in [0.2, 0.25) is 0 Å². The van der Waals surface area contributed by atoms with E-state index in [4.69, 9.17) is 9.47 Å². The fourth-order valence-corrected chi connectivity index (χ4v) is 3.54. The molecule has 164 valence electrons. The zero-order valence-electron chi connectivity index (χ0n) is 18.9. The summed E-state index contributed by atoms with van der Waals surface area (Å²) in [5.41, 5.74) is 5.50. The molecule has 0 amide bonds. The van der Waals surface area contributed by atoms with Crippen molar-refractivity contribution >= 4 is 29.2 Å². The molecule has 0 heterocycles. The summed E-state index contributed by atoms with van der Waals surface area (Å²) in [6, 6.07) is 34.9. The molecule has 0 bridgehead atoms. The molecule has 33 heavy (non-hydrogen) atoms. The number of benzene rings is 4. The maximum absolute atomic E-state index is 5.33. The first-order chi connectivity index (χ1) is 16.3. The van der Waals surface area contributed by atoms with Crippen LogP contribution in [0.4, 0.5) is 17.1 Å². The second kappa shape index (κ2) is 10.9. The van der Waals surface area contributed by atoms with Gasteiger partial charge in [-0.3, -0.25) is 0 Å². The van der Waals surface area contributed by atoms with E-state index in [1.54, 1.807) is 14.2 Å². The number of rotatable bonds is 8. The molecule has 0 aliphatic heterocycles. The molecule has 0 atom stereocenters. The van der Waals surface area contributed by atoms with Crippen LogP contribution in [0.5, 0.6) is 11.5 Å². The van der Waals surface area contributed by atoms with Crippen LogP contribution < -0.4 is 14.4 Å². The molecule has 4 rings (SSSR count). The Morgan fingerprint density at radius 1 is 0.485 bits per heavy atom. The summed E-state index contributed by atoms with van der Waals surface area (Å²) in [6.07, 6.45) is 8.32. The normalized spacial score (nSPS) is 11.1. The molecule has 0 saturated carbocycles. The van der Waals surface area contributed by atoms with Gasteiger partial charge in [0, 0.05) is 17.1 Å². The monoisotopic (exact) mass is 433 g/mol. The topological polar surface area (TPSA) is 21.7 Å². The van der Waals surface area contributed by atoms with Crippen molar-refractivity contribution in [2.75, 3.05) is 19.1 Å². The van der Waals surface area contributed by atoms with Crippen LogP contribution in [-0.4, -0.2) is 14.2 Å². The van der Waals surface area contributed by atoms with Gasteiger partial charge in [0.25, 0.3) is 0 Å². The van der Waals surface area contributed by atoms with E-state index in [1.165, 1.54) is 5.56 Å². The Bertz CT molecular complexity index is 1150. The highest BCUT2D eigenvalue weighted by Gasteiger charge is 2.12. The number of ether oxygens (including phenoxy) is 2. The van der Waals surface area contributed by atoms with Gasteiger partial charge < -0.3 is 14.4 Å². The fourth-order valence-electron chi connectivity index (χ4n) is 3.54. The quantitative estimate of drug-likeness (QED) is 0.264.